The number of ether oxygens (including phenoxy) is 2. The van der Waals surface area contributed by atoms with Gasteiger partial charge in [0.05, 0.1) is 7.11 Å². The molecule has 0 spiro atoms. The Morgan fingerprint density at radius 1 is 1.00 bits per heavy atom. The molecule has 0 saturated heterocycles. The first-order valence-electron chi connectivity index (χ1n) is 7.27. The van der Waals surface area contributed by atoms with Crippen molar-refractivity contribution in [3.63, 3.8) is 0 Å². The predicted octanol–water partition coefficient (Wildman–Crippen LogP) is 3.76. The maximum absolute atomic E-state index is 10.2. The van der Waals surface area contributed by atoms with Gasteiger partial charge in [0.1, 0.15) is 12.7 Å². The number of hydrogen-bond donors (Lipinski definition) is 1. The Balaban J connectivity index is 1.96. The van der Waals surface area contributed by atoms with E-state index in [9.17, 15) is 5.11 Å². The average Bonchev–Trinajstić information content (AvgIpc) is 2.54. The molecular weight excluding hydrogens is 264 g/mol. The van der Waals surface area contributed by atoms with Gasteiger partial charge in [-0.3, -0.25) is 0 Å². The summed E-state index contributed by atoms with van der Waals surface area (Å²) in [5.74, 6) is 1.31. The molecule has 1 N–H and O–H groups in total. The second-order valence-electron chi connectivity index (χ2n) is 4.97. The molecule has 112 valence electrons. The Labute approximate surface area is 126 Å². The highest BCUT2D eigenvalue weighted by atomic mass is 16.5. The zero-order chi connectivity index (χ0) is 15.1. The van der Waals surface area contributed by atoms with E-state index in [0.29, 0.717) is 11.5 Å². The van der Waals surface area contributed by atoms with Crippen LogP contribution >= 0.6 is 0 Å². The molecule has 0 aliphatic carbocycles. The number of hydrogen-bond acceptors (Lipinski definition) is 3. The second-order valence-corrected chi connectivity index (χ2v) is 4.97. The summed E-state index contributed by atoms with van der Waals surface area (Å²) in [6.07, 6.45) is 1.54. The van der Waals surface area contributed by atoms with Gasteiger partial charge in [0.2, 0.25) is 0 Å². The van der Waals surface area contributed by atoms with Crippen LogP contribution in [0.4, 0.5) is 0 Å². The minimum Gasteiger partial charge on any atom is -0.493 e. The molecule has 0 aromatic heterocycles. The van der Waals surface area contributed by atoms with Crippen LogP contribution in [0.25, 0.3) is 0 Å². The molecule has 21 heavy (non-hydrogen) atoms. The van der Waals surface area contributed by atoms with Crippen molar-refractivity contribution in [2.45, 2.75) is 25.9 Å². The molecule has 1 atom stereocenters. The first-order valence-corrected chi connectivity index (χ1v) is 7.27. The monoisotopic (exact) mass is 286 g/mol. The van der Waals surface area contributed by atoms with Crippen LogP contribution in [-0.2, 0) is 6.42 Å². The number of aliphatic hydroxyl groups is 1. The van der Waals surface area contributed by atoms with Crippen LogP contribution in [0, 0.1) is 0 Å². The molecule has 0 heterocycles. The fourth-order valence-electron chi connectivity index (χ4n) is 2.20. The van der Waals surface area contributed by atoms with Gasteiger partial charge in [-0.05, 0) is 29.7 Å². The number of rotatable bonds is 7. The summed E-state index contributed by atoms with van der Waals surface area (Å²) < 4.78 is 10.9. The fraction of sp³-hybridized carbons (Fsp3) is 0.333. The van der Waals surface area contributed by atoms with E-state index in [1.54, 1.807) is 7.11 Å². The zero-order valence-electron chi connectivity index (χ0n) is 12.6. The Kier molecular flexibility index (Phi) is 5.64. The van der Waals surface area contributed by atoms with Gasteiger partial charge in [-0.15, -0.1) is 0 Å². The number of benzene rings is 2. The number of aliphatic hydroxyl groups excluding tert-OH is 1. The van der Waals surface area contributed by atoms with E-state index in [0.717, 1.165) is 18.4 Å². The van der Waals surface area contributed by atoms with Crippen molar-refractivity contribution in [2.24, 2.45) is 0 Å². The van der Waals surface area contributed by atoms with Crippen molar-refractivity contribution in [1.82, 2.24) is 0 Å². The van der Waals surface area contributed by atoms with Crippen LogP contribution in [0.15, 0.2) is 48.5 Å². The largest absolute Gasteiger partial charge is 0.493 e. The van der Waals surface area contributed by atoms with Crippen LogP contribution in [0.3, 0.4) is 0 Å². The maximum Gasteiger partial charge on any atom is 0.161 e. The van der Waals surface area contributed by atoms with Gasteiger partial charge < -0.3 is 14.6 Å². The van der Waals surface area contributed by atoms with Gasteiger partial charge in [-0.2, -0.15) is 0 Å². The van der Waals surface area contributed by atoms with Gasteiger partial charge in [0.25, 0.3) is 0 Å². The third-order valence-electron chi connectivity index (χ3n) is 3.37. The van der Waals surface area contributed by atoms with Crippen LogP contribution in [0.5, 0.6) is 11.5 Å². The molecule has 3 heteroatoms. The van der Waals surface area contributed by atoms with Crippen LogP contribution in [-0.4, -0.2) is 18.8 Å². The van der Waals surface area contributed by atoms with Crippen molar-refractivity contribution in [3.8, 4) is 11.5 Å². The van der Waals surface area contributed by atoms with Crippen molar-refractivity contribution < 1.29 is 14.6 Å². The van der Waals surface area contributed by atoms with Gasteiger partial charge in [0, 0.05) is 0 Å². The average molecular weight is 286 g/mol. The lowest BCUT2D eigenvalue weighted by Crippen LogP contribution is -2.10. The van der Waals surface area contributed by atoms with E-state index in [-0.39, 0.29) is 6.61 Å². The van der Waals surface area contributed by atoms with E-state index < -0.39 is 6.10 Å². The number of aryl methyl sites for hydroxylation is 1. The summed E-state index contributed by atoms with van der Waals surface area (Å²) in [5, 5.41) is 10.2. The Morgan fingerprint density at radius 2 is 1.67 bits per heavy atom. The Hall–Kier alpha value is -2.00. The standard InChI is InChI=1S/C18H22O3/c1-3-6-14-9-11-15(12-10-14)16(19)13-21-18-8-5-4-7-17(18)20-2/h4-5,7-12,16,19H,3,6,13H2,1-2H3. The zero-order valence-corrected chi connectivity index (χ0v) is 12.6. The van der Waals surface area contributed by atoms with Crippen molar-refractivity contribution >= 4 is 0 Å². The van der Waals surface area contributed by atoms with Gasteiger partial charge in [-0.25, -0.2) is 0 Å². The normalized spacial score (nSPS) is 12.0. The Bertz CT molecular complexity index is 549. The third-order valence-corrected chi connectivity index (χ3v) is 3.37. The highest BCUT2D eigenvalue weighted by molar-refractivity contribution is 5.39. The van der Waals surface area contributed by atoms with Crippen molar-refractivity contribution in [1.29, 1.82) is 0 Å². The van der Waals surface area contributed by atoms with E-state index >= 15 is 0 Å². The van der Waals surface area contributed by atoms with Gasteiger partial charge in [0.15, 0.2) is 11.5 Å². The number of para-hydroxylation sites is 2. The maximum atomic E-state index is 10.2. The first kappa shape index (κ1) is 15.4. The van der Waals surface area contributed by atoms with Crippen LogP contribution in [0.1, 0.15) is 30.6 Å². The lowest BCUT2D eigenvalue weighted by atomic mass is 10.0. The minimum atomic E-state index is -0.648. The molecule has 2 rings (SSSR count). The molecule has 0 radical (unpaired) electrons. The summed E-state index contributed by atoms with van der Waals surface area (Å²) in [6.45, 7) is 2.36. The lowest BCUT2D eigenvalue weighted by Gasteiger charge is -2.15. The number of methoxy groups -OCH3 is 1. The minimum absolute atomic E-state index is 0.202. The molecule has 3 nitrogen and oxygen atoms in total. The molecule has 0 fully saturated rings. The van der Waals surface area contributed by atoms with Gasteiger partial charge in [-0.1, -0.05) is 49.7 Å². The SMILES string of the molecule is CCCc1ccc(C(O)COc2ccccc2OC)cc1. The molecule has 0 aliphatic rings. The van der Waals surface area contributed by atoms with E-state index in [1.165, 1.54) is 5.56 Å². The summed E-state index contributed by atoms with van der Waals surface area (Å²) in [5.41, 5.74) is 2.16. The molecule has 2 aromatic rings. The van der Waals surface area contributed by atoms with E-state index in [1.807, 2.05) is 36.4 Å². The quantitative estimate of drug-likeness (QED) is 0.842. The summed E-state index contributed by atoms with van der Waals surface area (Å²) >= 11 is 0. The smallest absolute Gasteiger partial charge is 0.161 e. The molecule has 0 amide bonds. The fourth-order valence-corrected chi connectivity index (χ4v) is 2.20. The second kappa shape index (κ2) is 7.70. The molecular formula is C18H22O3. The van der Waals surface area contributed by atoms with Crippen LogP contribution < -0.4 is 9.47 Å². The molecule has 0 aliphatic heterocycles. The van der Waals surface area contributed by atoms with Gasteiger partial charge >= 0.3 is 0 Å². The third kappa shape index (κ3) is 4.23. The summed E-state index contributed by atoms with van der Waals surface area (Å²) in [6, 6.07) is 15.5. The summed E-state index contributed by atoms with van der Waals surface area (Å²) in [4.78, 5) is 0. The highest BCUT2D eigenvalue weighted by Crippen LogP contribution is 2.27. The van der Waals surface area contributed by atoms with E-state index in [2.05, 4.69) is 19.1 Å². The predicted molar refractivity (Wildman–Crippen MR) is 83.9 cm³/mol. The van der Waals surface area contributed by atoms with Crippen LogP contribution in [0.2, 0.25) is 0 Å². The molecule has 2 aromatic carbocycles. The first-order chi connectivity index (χ1) is 10.2. The summed E-state index contributed by atoms with van der Waals surface area (Å²) in [7, 11) is 1.60. The molecule has 0 bridgehead atoms. The molecule has 1 unspecified atom stereocenters. The molecule has 0 saturated carbocycles. The highest BCUT2D eigenvalue weighted by Gasteiger charge is 2.10. The van der Waals surface area contributed by atoms with Crippen molar-refractivity contribution in [2.75, 3.05) is 13.7 Å². The van der Waals surface area contributed by atoms with E-state index in [4.69, 9.17) is 9.47 Å². The topological polar surface area (TPSA) is 38.7 Å². The Morgan fingerprint density at radius 3 is 2.29 bits per heavy atom. The lowest BCUT2D eigenvalue weighted by molar-refractivity contribution is 0.106. The van der Waals surface area contributed by atoms with Crippen molar-refractivity contribution in [3.05, 3.63) is 59.7 Å².